The minimum Gasteiger partial charge on any atom is -0.329 e. The number of hydrogen-bond donors (Lipinski definition) is 2. The Morgan fingerprint density at radius 3 is 2.58 bits per heavy atom. The van der Waals surface area contributed by atoms with E-state index < -0.39 is 6.04 Å². The smallest absolute Gasteiger partial charge is 0.255 e. The minimum absolute atomic E-state index is 0.140. The third-order valence-corrected chi connectivity index (χ3v) is 6.00. The fourth-order valence-corrected chi connectivity index (χ4v) is 4.37. The number of carbonyl (C=O) groups is 3. The Kier molecular flexibility index (Phi) is 6.44. The van der Waals surface area contributed by atoms with Crippen LogP contribution < -0.4 is 11.1 Å². The van der Waals surface area contributed by atoms with Crippen molar-refractivity contribution < 1.29 is 14.4 Å². The summed E-state index contributed by atoms with van der Waals surface area (Å²) in [6, 6.07) is 15.7. The maximum atomic E-state index is 12.9. The van der Waals surface area contributed by atoms with E-state index in [4.69, 9.17) is 5.73 Å². The van der Waals surface area contributed by atoms with Gasteiger partial charge in [0.05, 0.1) is 0 Å². The summed E-state index contributed by atoms with van der Waals surface area (Å²) in [6.45, 7) is 3.44. The van der Waals surface area contributed by atoms with Gasteiger partial charge in [-0.15, -0.1) is 0 Å². The van der Waals surface area contributed by atoms with Crippen molar-refractivity contribution in [3.8, 4) is 0 Å². The number of nitrogens with zero attached hydrogens (tertiary/aromatic N) is 2. The van der Waals surface area contributed by atoms with Gasteiger partial charge in [0.1, 0.15) is 6.04 Å². The standard InChI is InChI=1S/C24H28N4O3/c25-11-13-27(12-10-17-4-2-1-3-5-17)15-18-6-7-20-19(14-18)16-28(24(20)31)21-8-9-22(29)26-23(21)30/h1-7,14,21H,8-13,15-16,25H2,(H,26,29,30). The number of hydrogen-bond acceptors (Lipinski definition) is 5. The molecule has 2 aliphatic rings. The van der Waals surface area contributed by atoms with Crippen LogP contribution in [0.3, 0.4) is 0 Å². The molecule has 0 radical (unpaired) electrons. The van der Waals surface area contributed by atoms with Crippen LogP contribution in [-0.4, -0.2) is 53.2 Å². The highest BCUT2D eigenvalue weighted by molar-refractivity contribution is 6.05. The zero-order valence-electron chi connectivity index (χ0n) is 17.5. The van der Waals surface area contributed by atoms with Crippen molar-refractivity contribution in [1.29, 1.82) is 0 Å². The number of benzene rings is 2. The summed E-state index contributed by atoms with van der Waals surface area (Å²) in [5.41, 5.74) is 9.82. The Morgan fingerprint density at radius 1 is 1.03 bits per heavy atom. The van der Waals surface area contributed by atoms with E-state index in [9.17, 15) is 14.4 Å². The van der Waals surface area contributed by atoms with Gasteiger partial charge < -0.3 is 10.6 Å². The second-order valence-corrected chi connectivity index (χ2v) is 8.19. The van der Waals surface area contributed by atoms with Gasteiger partial charge in [-0.3, -0.25) is 24.6 Å². The Hall–Kier alpha value is -3.03. The molecule has 2 aromatic carbocycles. The first-order valence-corrected chi connectivity index (χ1v) is 10.8. The molecule has 2 aliphatic heterocycles. The molecule has 1 atom stereocenters. The minimum atomic E-state index is -0.583. The molecule has 0 bridgehead atoms. The van der Waals surface area contributed by atoms with Crippen molar-refractivity contribution in [1.82, 2.24) is 15.1 Å². The van der Waals surface area contributed by atoms with Gasteiger partial charge in [-0.1, -0.05) is 42.5 Å². The molecule has 3 N–H and O–H groups in total. The average Bonchev–Trinajstić information content (AvgIpc) is 3.08. The summed E-state index contributed by atoms with van der Waals surface area (Å²) < 4.78 is 0. The molecule has 7 heteroatoms. The molecule has 0 aromatic heterocycles. The second-order valence-electron chi connectivity index (χ2n) is 8.19. The molecule has 7 nitrogen and oxygen atoms in total. The molecule has 0 aliphatic carbocycles. The van der Waals surface area contributed by atoms with Crippen molar-refractivity contribution in [2.45, 2.75) is 38.4 Å². The van der Waals surface area contributed by atoms with Crippen LogP contribution in [0.4, 0.5) is 0 Å². The van der Waals surface area contributed by atoms with E-state index in [1.54, 1.807) is 4.90 Å². The lowest BCUT2D eigenvalue weighted by atomic mass is 10.0. The first kappa shape index (κ1) is 21.2. The molecule has 4 rings (SSSR count). The van der Waals surface area contributed by atoms with E-state index in [2.05, 4.69) is 28.4 Å². The third kappa shape index (κ3) is 4.84. The molecule has 3 amide bonds. The topological polar surface area (TPSA) is 95.7 Å². The van der Waals surface area contributed by atoms with Crippen molar-refractivity contribution in [3.63, 3.8) is 0 Å². The number of fused-ring (bicyclic) bond motifs is 1. The van der Waals surface area contributed by atoms with Gasteiger partial charge in [0.2, 0.25) is 11.8 Å². The van der Waals surface area contributed by atoms with Crippen LogP contribution in [-0.2, 0) is 29.1 Å². The molecule has 31 heavy (non-hydrogen) atoms. The van der Waals surface area contributed by atoms with Gasteiger partial charge in [0.25, 0.3) is 5.91 Å². The SMILES string of the molecule is NCCN(CCc1ccccc1)Cc1ccc2c(c1)CN(C1CCC(=O)NC1=O)C2=O. The van der Waals surface area contributed by atoms with Gasteiger partial charge in [0.15, 0.2) is 0 Å². The van der Waals surface area contributed by atoms with Gasteiger partial charge in [0, 0.05) is 44.7 Å². The van der Waals surface area contributed by atoms with E-state index in [0.29, 0.717) is 25.1 Å². The lowest BCUT2D eigenvalue weighted by Gasteiger charge is -2.29. The molecule has 0 saturated carbocycles. The predicted octanol–water partition coefficient (Wildman–Crippen LogP) is 1.45. The highest BCUT2D eigenvalue weighted by atomic mass is 16.2. The molecule has 0 spiro atoms. The first-order chi connectivity index (χ1) is 15.0. The van der Waals surface area contributed by atoms with Crippen molar-refractivity contribution in [2.75, 3.05) is 19.6 Å². The Morgan fingerprint density at radius 2 is 1.84 bits per heavy atom. The third-order valence-electron chi connectivity index (χ3n) is 6.00. The van der Waals surface area contributed by atoms with E-state index >= 15 is 0 Å². The average molecular weight is 421 g/mol. The molecule has 2 aromatic rings. The lowest BCUT2D eigenvalue weighted by Crippen LogP contribution is -2.52. The van der Waals surface area contributed by atoms with Crippen LogP contribution in [0, 0.1) is 0 Å². The van der Waals surface area contributed by atoms with Gasteiger partial charge in [-0.25, -0.2) is 0 Å². The lowest BCUT2D eigenvalue weighted by molar-refractivity contribution is -0.136. The summed E-state index contributed by atoms with van der Waals surface area (Å²) in [4.78, 5) is 40.4. The first-order valence-electron chi connectivity index (χ1n) is 10.8. The number of nitrogens with one attached hydrogen (secondary N) is 1. The highest BCUT2D eigenvalue weighted by Crippen LogP contribution is 2.28. The van der Waals surface area contributed by atoms with E-state index in [0.717, 1.165) is 37.2 Å². The van der Waals surface area contributed by atoms with Gasteiger partial charge >= 0.3 is 0 Å². The zero-order chi connectivity index (χ0) is 21.8. The van der Waals surface area contributed by atoms with E-state index in [-0.39, 0.29) is 24.1 Å². The second kappa shape index (κ2) is 9.41. The molecule has 2 heterocycles. The highest BCUT2D eigenvalue weighted by Gasteiger charge is 2.39. The molecule has 162 valence electrons. The van der Waals surface area contributed by atoms with Crippen molar-refractivity contribution in [3.05, 3.63) is 70.8 Å². The van der Waals surface area contributed by atoms with Crippen molar-refractivity contribution >= 4 is 17.7 Å². The Labute approximate surface area is 182 Å². The van der Waals surface area contributed by atoms with Crippen LogP contribution in [0.2, 0.25) is 0 Å². The number of carbonyl (C=O) groups excluding carboxylic acids is 3. The predicted molar refractivity (Wildman–Crippen MR) is 117 cm³/mol. The van der Waals surface area contributed by atoms with Gasteiger partial charge in [-0.2, -0.15) is 0 Å². The number of imide groups is 1. The Balaban J connectivity index is 1.43. The van der Waals surface area contributed by atoms with Crippen LogP contribution >= 0.6 is 0 Å². The van der Waals surface area contributed by atoms with E-state index in [1.165, 1.54) is 5.56 Å². The maximum Gasteiger partial charge on any atom is 0.255 e. The van der Waals surface area contributed by atoms with Crippen LogP contribution in [0.1, 0.15) is 39.9 Å². The number of rotatable bonds is 8. The van der Waals surface area contributed by atoms with Gasteiger partial charge in [-0.05, 0) is 35.6 Å². The van der Waals surface area contributed by atoms with E-state index in [1.807, 2.05) is 30.3 Å². The Bertz CT molecular complexity index is 976. The quantitative estimate of drug-likeness (QED) is 0.631. The molecule has 1 saturated heterocycles. The monoisotopic (exact) mass is 420 g/mol. The number of amides is 3. The summed E-state index contributed by atoms with van der Waals surface area (Å²) >= 11 is 0. The molecule has 1 fully saturated rings. The van der Waals surface area contributed by atoms with Crippen LogP contribution in [0.5, 0.6) is 0 Å². The summed E-state index contributed by atoms with van der Waals surface area (Å²) in [7, 11) is 0. The zero-order valence-corrected chi connectivity index (χ0v) is 17.5. The number of piperidine rings is 1. The molecule has 1 unspecified atom stereocenters. The van der Waals surface area contributed by atoms with Crippen LogP contribution in [0.25, 0.3) is 0 Å². The number of nitrogens with two attached hydrogens (primary N) is 1. The summed E-state index contributed by atoms with van der Waals surface area (Å²) in [6.07, 6.45) is 1.59. The summed E-state index contributed by atoms with van der Waals surface area (Å²) in [5.74, 6) is -0.796. The van der Waals surface area contributed by atoms with Crippen molar-refractivity contribution in [2.24, 2.45) is 5.73 Å². The largest absolute Gasteiger partial charge is 0.329 e. The van der Waals surface area contributed by atoms with Crippen LogP contribution in [0.15, 0.2) is 48.5 Å². The maximum absolute atomic E-state index is 12.9. The fraction of sp³-hybridized carbons (Fsp3) is 0.375. The fourth-order valence-electron chi connectivity index (χ4n) is 4.37. The summed E-state index contributed by atoms with van der Waals surface area (Å²) in [5, 5.41) is 2.34. The molecular formula is C24H28N4O3. The molecular weight excluding hydrogens is 392 g/mol. The normalized spacial score (nSPS) is 18.5.